The average molecular weight is 194 g/mol. The number of hydrogen-bond acceptors (Lipinski definition) is 3. The van der Waals surface area contributed by atoms with Crippen LogP contribution in [-0.4, -0.2) is 30.1 Å². The molecule has 0 saturated heterocycles. The van der Waals surface area contributed by atoms with Gasteiger partial charge >= 0.3 is 0 Å². The van der Waals surface area contributed by atoms with Gasteiger partial charge in [0.25, 0.3) is 0 Å². The summed E-state index contributed by atoms with van der Waals surface area (Å²) in [5.74, 6) is 0.722. The van der Waals surface area contributed by atoms with Crippen molar-refractivity contribution in [1.82, 2.24) is 9.88 Å². The monoisotopic (exact) mass is 194 g/mol. The summed E-state index contributed by atoms with van der Waals surface area (Å²) in [6, 6.07) is 4.51. The molecule has 0 aliphatic carbocycles. The van der Waals surface area contributed by atoms with Crippen molar-refractivity contribution < 1.29 is 4.74 Å². The summed E-state index contributed by atoms with van der Waals surface area (Å²) in [7, 11) is 3.75. The Kier molecular flexibility index (Phi) is 3.89. The van der Waals surface area contributed by atoms with E-state index in [4.69, 9.17) is 4.74 Å². The lowest BCUT2D eigenvalue weighted by atomic mass is 10.2. The van der Waals surface area contributed by atoms with E-state index in [1.165, 1.54) is 0 Å². The topological polar surface area (TPSA) is 25.4 Å². The molecule has 0 aliphatic heterocycles. The quantitative estimate of drug-likeness (QED) is 0.732. The number of hydrogen-bond donors (Lipinski definition) is 0. The summed E-state index contributed by atoms with van der Waals surface area (Å²) < 4.78 is 5.19. The van der Waals surface area contributed by atoms with Crippen molar-refractivity contribution >= 4 is 0 Å². The van der Waals surface area contributed by atoms with Crippen molar-refractivity contribution in [2.45, 2.75) is 26.4 Å². The van der Waals surface area contributed by atoms with Crippen LogP contribution in [0.1, 0.15) is 19.4 Å². The summed E-state index contributed by atoms with van der Waals surface area (Å²) in [5, 5.41) is 0. The van der Waals surface area contributed by atoms with Crippen molar-refractivity contribution in [2.24, 2.45) is 0 Å². The first-order valence-corrected chi connectivity index (χ1v) is 4.83. The highest BCUT2D eigenvalue weighted by Crippen LogP contribution is 2.16. The van der Waals surface area contributed by atoms with Gasteiger partial charge in [-0.15, -0.1) is 0 Å². The number of ether oxygens (including phenoxy) is 1. The van der Waals surface area contributed by atoms with Crippen LogP contribution in [0.2, 0.25) is 0 Å². The van der Waals surface area contributed by atoms with E-state index in [1.54, 1.807) is 13.3 Å². The van der Waals surface area contributed by atoms with E-state index in [2.05, 4.69) is 30.8 Å². The molecule has 1 heterocycles. The number of rotatable bonds is 4. The van der Waals surface area contributed by atoms with Gasteiger partial charge in [0.15, 0.2) is 0 Å². The molecule has 1 aromatic heterocycles. The Morgan fingerprint density at radius 2 is 2.21 bits per heavy atom. The molecule has 3 heteroatoms. The maximum absolute atomic E-state index is 5.19. The first-order chi connectivity index (χ1) is 6.65. The maximum Gasteiger partial charge on any atom is 0.217 e. The van der Waals surface area contributed by atoms with Crippen LogP contribution in [0.3, 0.4) is 0 Å². The van der Waals surface area contributed by atoms with Crippen molar-refractivity contribution in [3.8, 4) is 5.88 Å². The minimum absolute atomic E-state index is 0.528. The zero-order valence-corrected chi connectivity index (χ0v) is 9.32. The molecule has 0 spiro atoms. The normalized spacial score (nSPS) is 11.0. The minimum atomic E-state index is 0.528. The summed E-state index contributed by atoms with van der Waals surface area (Å²) in [5.41, 5.74) is 1.13. The zero-order chi connectivity index (χ0) is 10.6. The van der Waals surface area contributed by atoms with Gasteiger partial charge in [-0.1, -0.05) is 6.07 Å². The molecule has 0 aromatic carbocycles. The van der Waals surface area contributed by atoms with E-state index in [1.807, 2.05) is 12.1 Å². The van der Waals surface area contributed by atoms with Gasteiger partial charge in [0.05, 0.1) is 7.11 Å². The fraction of sp³-hybridized carbons (Fsp3) is 0.545. The van der Waals surface area contributed by atoms with Gasteiger partial charge in [0.1, 0.15) is 0 Å². The van der Waals surface area contributed by atoms with Gasteiger partial charge in [-0.3, -0.25) is 4.90 Å². The molecule has 0 radical (unpaired) electrons. The highest BCUT2D eigenvalue weighted by atomic mass is 16.5. The van der Waals surface area contributed by atoms with Crippen LogP contribution < -0.4 is 4.74 Å². The van der Waals surface area contributed by atoms with Crippen LogP contribution >= 0.6 is 0 Å². The van der Waals surface area contributed by atoms with E-state index >= 15 is 0 Å². The Balaban J connectivity index is 2.75. The molecular formula is C11H18N2O. The van der Waals surface area contributed by atoms with E-state index in [9.17, 15) is 0 Å². The molecule has 14 heavy (non-hydrogen) atoms. The largest absolute Gasteiger partial charge is 0.481 e. The number of pyridine rings is 1. The summed E-state index contributed by atoms with van der Waals surface area (Å²) in [4.78, 5) is 6.41. The Hall–Kier alpha value is -1.09. The first kappa shape index (κ1) is 11.0. The molecule has 1 aromatic rings. The van der Waals surface area contributed by atoms with Crippen LogP contribution in [0, 0.1) is 0 Å². The van der Waals surface area contributed by atoms with Crippen LogP contribution in [0.15, 0.2) is 18.3 Å². The lowest BCUT2D eigenvalue weighted by molar-refractivity contribution is 0.260. The number of aromatic nitrogens is 1. The van der Waals surface area contributed by atoms with Crippen molar-refractivity contribution in [1.29, 1.82) is 0 Å². The van der Waals surface area contributed by atoms with E-state index in [0.29, 0.717) is 6.04 Å². The third-order valence-electron chi connectivity index (χ3n) is 2.34. The molecule has 0 amide bonds. The second-order valence-corrected chi connectivity index (χ2v) is 3.68. The third-order valence-corrected chi connectivity index (χ3v) is 2.34. The van der Waals surface area contributed by atoms with Gasteiger partial charge in [-0.25, -0.2) is 4.98 Å². The van der Waals surface area contributed by atoms with E-state index in [-0.39, 0.29) is 0 Å². The Morgan fingerprint density at radius 1 is 1.50 bits per heavy atom. The Labute approximate surface area is 85.7 Å². The average Bonchev–Trinajstić information content (AvgIpc) is 2.18. The third kappa shape index (κ3) is 2.70. The molecule has 0 atom stereocenters. The Morgan fingerprint density at radius 3 is 2.79 bits per heavy atom. The highest BCUT2D eigenvalue weighted by molar-refractivity contribution is 5.25. The van der Waals surface area contributed by atoms with E-state index in [0.717, 1.165) is 18.0 Å². The van der Waals surface area contributed by atoms with Gasteiger partial charge in [0.2, 0.25) is 5.88 Å². The zero-order valence-electron chi connectivity index (χ0n) is 9.32. The lowest BCUT2D eigenvalue weighted by Crippen LogP contribution is -2.25. The number of methoxy groups -OCH3 is 1. The molecular weight excluding hydrogens is 176 g/mol. The molecule has 0 N–H and O–H groups in total. The molecule has 0 aliphatic rings. The standard InChI is InChI=1S/C11H18N2O/c1-9(2)13(3)8-10-6-5-7-12-11(10)14-4/h5-7,9H,8H2,1-4H3. The van der Waals surface area contributed by atoms with Crippen LogP contribution in [0.25, 0.3) is 0 Å². The highest BCUT2D eigenvalue weighted by Gasteiger charge is 2.08. The molecule has 3 nitrogen and oxygen atoms in total. The van der Waals surface area contributed by atoms with Gasteiger partial charge in [-0.2, -0.15) is 0 Å². The Bertz CT molecular complexity index is 286. The molecule has 78 valence electrons. The molecule has 0 bridgehead atoms. The van der Waals surface area contributed by atoms with Gasteiger partial charge in [-0.05, 0) is 27.0 Å². The first-order valence-electron chi connectivity index (χ1n) is 4.83. The van der Waals surface area contributed by atoms with Crippen molar-refractivity contribution in [3.63, 3.8) is 0 Å². The maximum atomic E-state index is 5.19. The van der Waals surface area contributed by atoms with Crippen molar-refractivity contribution in [2.75, 3.05) is 14.2 Å². The minimum Gasteiger partial charge on any atom is -0.481 e. The van der Waals surface area contributed by atoms with Gasteiger partial charge < -0.3 is 4.74 Å². The fourth-order valence-electron chi connectivity index (χ4n) is 1.18. The smallest absolute Gasteiger partial charge is 0.217 e. The molecule has 0 unspecified atom stereocenters. The van der Waals surface area contributed by atoms with E-state index < -0.39 is 0 Å². The molecule has 1 rings (SSSR count). The lowest BCUT2D eigenvalue weighted by Gasteiger charge is -2.21. The molecule has 0 saturated carbocycles. The van der Waals surface area contributed by atoms with Gasteiger partial charge in [0, 0.05) is 24.3 Å². The van der Waals surface area contributed by atoms with Crippen LogP contribution in [-0.2, 0) is 6.54 Å². The second kappa shape index (κ2) is 4.96. The fourth-order valence-corrected chi connectivity index (χ4v) is 1.18. The van der Waals surface area contributed by atoms with Crippen LogP contribution in [0.5, 0.6) is 5.88 Å². The summed E-state index contributed by atoms with van der Waals surface area (Å²) >= 11 is 0. The second-order valence-electron chi connectivity index (χ2n) is 3.68. The summed E-state index contributed by atoms with van der Waals surface area (Å²) in [6.45, 7) is 5.21. The molecule has 0 fully saturated rings. The number of nitrogens with zero attached hydrogens (tertiary/aromatic N) is 2. The van der Waals surface area contributed by atoms with Crippen molar-refractivity contribution in [3.05, 3.63) is 23.9 Å². The predicted molar refractivity (Wildman–Crippen MR) is 57.4 cm³/mol. The predicted octanol–water partition coefficient (Wildman–Crippen LogP) is 1.93. The van der Waals surface area contributed by atoms with Crippen LogP contribution in [0.4, 0.5) is 0 Å². The summed E-state index contributed by atoms with van der Waals surface area (Å²) in [6.07, 6.45) is 1.75. The SMILES string of the molecule is COc1ncccc1CN(C)C(C)C.